The van der Waals surface area contributed by atoms with Gasteiger partial charge in [0, 0.05) is 24.9 Å². The number of aromatic nitrogens is 4. The number of likely N-dealkylation sites (tertiary alicyclic amines) is 1. The van der Waals surface area contributed by atoms with Crippen LogP contribution in [0.5, 0.6) is 0 Å². The molecule has 1 N–H and O–H groups in total. The number of alkyl halides is 1. The van der Waals surface area contributed by atoms with Crippen molar-refractivity contribution in [3.63, 3.8) is 0 Å². The highest BCUT2D eigenvalue weighted by molar-refractivity contribution is 5.92. The predicted octanol–water partition coefficient (Wildman–Crippen LogP) is 0.993. The van der Waals surface area contributed by atoms with Gasteiger partial charge in [-0.25, -0.2) is 9.07 Å². The summed E-state index contributed by atoms with van der Waals surface area (Å²) in [6.07, 6.45) is 4.14. The van der Waals surface area contributed by atoms with Gasteiger partial charge in [0.2, 0.25) is 5.91 Å². The highest BCUT2D eigenvalue weighted by Crippen LogP contribution is 2.23. The Bertz CT molecular complexity index is 794. The van der Waals surface area contributed by atoms with Gasteiger partial charge in [0.25, 0.3) is 5.91 Å². The quantitative estimate of drug-likeness (QED) is 0.814. The van der Waals surface area contributed by atoms with Gasteiger partial charge in [-0.05, 0) is 25.5 Å². The lowest BCUT2D eigenvalue weighted by Gasteiger charge is -2.24. The van der Waals surface area contributed by atoms with Crippen molar-refractivity contribution in [2.75, 3.05) is 6.54 Å². The average Bonchev–Trinajstić information content (AvgIpc) is 3.22. The SMILES string of the molecule is CC(C)NC(=O)c1cn(CC2CC(F)CN2C(=O)Cc2cccnc2)nn1. The molecule has 3 heterocycles. The Morgan fingerprint density at radius 3 is 2.93 bits per heavy atom. The Balaban J connectivity index is 1.65. The van der Waals surface area contributed by atoms with E-state index in [0.717, 1.165) is 5.56 Å². The fraction of sp³-hybridized carbons (Fsp3) is 0.500. The van der Waals surface area contributed by atoms with Gasteiger partial charge in [-0.1, -0.05) is 11.3 Å². The molecule has 0 radical (unpaired) electrons. The van der Waals surface area contributed by atoms with Crippen LogP contribution in [0.2, 0.25) is 0 Å². The molecule has 0 bridgehead atoms. The standard InChI is InChI=1S/C18H23FN6O2/c1-12(2)21-18(27)16-11-24(23-22-16)10-15-7-14(19)9-25(15)17(26)6-13-4-3-5-20-8-13/h3-5,8,11-12,14-15H,6-7,9-10H2,1-2H3,(H,21,27). The minimum absolute atomic E-state index is 0.00892. The van der Waals surface area contributed by atoms with E-state index in [-0.39, 0.29) is 49.0 Å². The molecular formula is C18H23FN6O2. The molecule has 0 aliphatic carbocycles. The Hall–Kier alpha value is -2.84. The van der Waals surface area contributed by atoms with Gasteiger partial charge >= 0.3 is 0 Å². The summed E-state index contributed by atoms with van der Waals surface area (Å²) in [4.78, 5) is 30.1. The molecule has 2 aromatic heterocycles. The van der Waals surface area contributed by atoms with Crippen molar-refractivity contribution in [2.24, 2.45) is 0 Å². The number of rotatable bonds is 6. The Kier molecular flexibility index (Phi) is 5.78. The first kappa shape index (κ1) is 18.9. The van der Waals surface area contributed by atoms with Crippen LogP contribution in [0.4, 0.5) is 4.39 Å². The molecule has 9 heteroatoms. The predicted molar refractivity (Wildman–Crippen MR) is 95.6 cm³/mol. The number of carbonyl (C=O) groups is 2. The molecule has 27 heavy (non-hydrogen) atoms. The number of hydrogen-bond donors (Lipinski definition) is 1. The fourth-order valence-corrected chi connectivity index (χ4v) is 3.16. The zero-order chi connectivity index (χ0) is 19.4. The maximum Gasteiger partial charge on any atom is 0.273 e. The van der Waals surface area contributed by atoms with Crippen molar-refractivity contribution in [2.45, 2.75) is 51.5 Å². The van der Waals surface area contributed by atoms with E-state index in [1.807, 2.05) is 19.9 Å². The molecule has 0 spiro atoms. The third-order valence-electron chi connectivity index (χ3n) is 4.35. The van der Waals surface area contributed by atoms with Crippen molar-refractivity contribution in [1.82, 2.24) is 30.2 Å². The zero-order valence-electron chi connectivity index (χ0n) is 15.4. The molecule has 1 aliphatic heterocycles. The molecule has 8 nitrogen and oxygen atoms in total. The number of carbonyl (C=O) groups excluding carboxylic acids is 2. The largest absolute Gasteiger partial charge is 0.348 e. The molecule has 2 aromatic rings. The molecule has 0 aromatic carbocycles. The van der Waals surface area contributed by atoms with Crippen LogP contribution in [0.15, 0.2) is 30.7 Å². The first-order valence-corrected chi connectivity index (χ1v) is 8.96. The topological polar surface area (TPSA) is 93.0 Å². The second-order valence-corrected chi connectivity index (χ2v) is 7.02. The van der Waals surface area contributed by atoms with E-state index >= 15 is 0 Å². The Morgan fingerprint density at radius 1 is 1.41 bits per heavy atom. The minimum Gasteiger partial charge on any atom is -0.348 e. The van der Waals surface area contributed by atoms with E-state index in [1.165, 1.54) is 10.9 Å². The number of halogens is 1. The lowest BCUT2D eigenvalue weighted by Crippen LogP contribution is -2.39. The lowest BCUT2D eigenvalue weighted by molar-refractivity contribution is -0.131. The molecule has 2 atom stereocenters. The van der Waals surface area contributed by atoms with Gasteiger partial charge in [0.1, 0.15) is 6.17 Å². The third-order valence-corrected chi connectivity index (χ3v) is 4.35. The van der Waals surface area contributed by atoms with Crippen LogP contribution in [0.25, 0.3) is 0 Å². The third kappa shape index (κ3) is 4.87. The first-order chi connectivity index (χ1) is 12.9. The first-order valence-electron chi connectivity index (χ1n) is 8.96. The van der Waals surface area contributed by atoms with E-state index in [9.17, 15) is 14.0 Å². The molecule has 2 amide bonds. The maximum absolute atomic E-state index is 14.0. The number of hydrogen-bond acceptors (Lipinski definition) is 5. The van der Waals surface area contributed by atoms with Crippen LogP contribution < -0.4 is 5.32 Å². The summed E-state index contributed by atoms with van der Waals surface area (Å²) in [5.41, 5.74) is 0.990. The summed E-state index contributed by atoms with van der Waals surface area (Å²) in [7, 11) is 0. The Morgan fingerprint density at radius 2 is 2.22 bits per heavy atom. The van der Waals surface area contributed by atoms with E-state index < -0.39 is 6.17 Å². The summed E-state index contributed by atoms with van der Waals surface area (Å²) < 4.78 is 15.5. The smallest absolute Gasteiger partial charge is 0.273 e. The second kappa shape index (κ2) is 8.24. The van der Waals surface area contributed by atoms with Crippen molar-refractivity contribution >= 4 is 11.8 Å². The molecule has 1 aliphatic rings. The van der Waals surface area contributed by atoms with Gasteiger partial charge in [0.05, 0.1) is 31.7 Å². The zero-order valence-corrected chi connectivity index (χ0v) is 15.4. The maximum atomic E-state index is 14.0. The van der Waals surface area contributed by atoms with Crippen LogP contribution in [-0.2, 0) is 17.8 Å². The van der Waals surface area contributed by atoms with Crippen LogP contribution in [-0.4, -0.2) is 61.5 Å². The summed E-state index contributed by atoms with van der Waals surface area (Å²) >= 11 is 0. The molecular weight excluding hydrogens is 351 g/mol. The van der Waals surface area contributed by atoms with E-state index in [4.69, 9.17) is 0 Å². The minimum atomic E-state index is -1.07. The van der Waals surface area contributed by atoms with Crippen LogP contribution >= 0.6 is 0 Å². The Labute approximate surface area is 156 Å². The summed E-state index contributed by atoms with van der Waals surface area (Å²) in [6.45, 7) is 4.07. The van der Waals surface area contributed by atoms with Crippen molar-refractivity contribution in [3.8, 4) is 0 Å². The highest BCUT2D eigenvalue weighted by atomic mass is 19.1. The number of amides is 2. The van der Waals surface area contributed by atoms with Gasteiger partial charge in [-0.15, -0.1) is 5.10 Å². The summed E-state index contributed by atoms with van der Waals surface area (Å²) in [6, 6.07) is 3.25. The summed E-state index contributed by atoms with van der Waals surface area (Å²) in [5, 5.41) is 10.6. The molecule has 3 rings (SSSR count). The molecule has 1 fully saturated rings. The number of nitrogens with one attached hydrogen (secondary N) is 1. The monoisotopic (exact) mass is 374 g/mol. The lowest BCUT2D eigenvalue weighted by atomic mass is 10.1. The number of pyridine rings is 1. The van der Waals surface area contributed by atoms with Crippen molar-refractivity contribution in [1.29, 1.82) is 0 Å². The molecule has 144 valence electrons. The molecule has 2 unspecified atom stereocenters. The van der Waals surface area contributed by atoms with Gasteiger partial charge < -0.3 is 10.2 Å². The van der Waals surface area contributed by atoms with E-state index in [1.54, 1.807) is 23.4 Å². The van der Waals surface area contributed by atoms with Crippen LogP contribution in [0, 0.1) is 0 Å². The van der Waals surface area contributed by atoms with Crippen molar-refractivity contribution < 1.29 is 14.0 Å². The second-order valence-electron chi connectivity index (χ2n) is 7.02. The van der Waals surface area contributed by atoms with E-state index in [2.05, 4.69) is 20.6 Å². The van der Waals surface area contributed by atoms with Gasteiger partial charge in [0.15, 0.2) is 5.69 Å². The molecule has 1 saturated heterocycles. The van der Waals surface area contributed by atoms with Crippen LogP contribution in [0.3, 0.4) is 0 Å². The van der Waals surface area contributed by atoms with Crippen LogP contribution in [0.1, 0.15) is 36.3 Å². The number of nitrogens with zero attached hydrogens (tertiary/aromatic N) is 5. The normalized spacial score (nSPS) is 19.5. The van der Waals surface area contributed by atoms with E-state index in [0.29, 0.717) is 6.54 Å². The molecule has 0 saturated carbocycles. The average molecular weight is 374 g/mol. The fourth-order valence-electron chi connectivity index (χ4n) is 3.16. The van der Waals surface area contributed by atoms with Crippen molar-refractivity contribution in [3.05, 3.63) is 42.0 Å². The highest BCUT2D eigenvalue weighted by Gasteiger charge is 2.35. The van der Waals surface area contributed by atoms with Gasteiger partial charge in [-0.2, -0.15) is 0 Å². The van der Waals surface area contributed by atoms with Gasteiger partial charge in [-0.3, -0.25) is 14.6 Å². The summed E-state index contributed by atoms with van der Waals surface area (Å²) in [5.74, 6) is -0.457.